The molecule has 1 aliphatic rings. The second-order valence-electron chi connectivity index (χ2n) is 8.98. The molecule has 0 saturated carbocycles. The molecule has 1 saturated heterocycles. The van der Waals surface area contributed by atoms with Crippen molar-refractivity contribution in [2.75, 3.05) is 6.61 Å². The first kappa shape index (κ1) is 26.1. The number of carbonyl (C=O) groups excluding carboxylic acids is 1. The molecule has 5 atom stereocenters. The molecule has 5 rings (SSSR count). The Bertz CT molecular complexity index is 1640. The van der Waals surface area contributed by atoms with Crippen LogP contribution in [0.4, 0.5) is 0 Å². The van der Waals surface area contributed by atoms with Gasteiger partial charge in [0.05, 0.1) is 23.1 Å². The van der Waals surface area contributed by atoms with Crippen LogP contribution in [0.25, 0.3) is 21.9 Å². The summed E-state index contributed by atoms with van der Waals surface area (Å²) in [6, 6.07) is 7.74. The maximum atomic E-state index is 13.2. The number of hydrogen-bond donors (Lipinski definition) is 8. The summed E-state index contributed by atoms with van der Waals surface area (Å²) in [5.41, 5.74) is -1.89. The highest BCUT2D eigenvalue weighted by molar-refractivity contribution is 5.96. The number of fused-ring (bicyclic) bond motifs is 2. The highest BCUT2D eigenvalue weighted by atomic mass is 16.6. The van der Waals surface area contributed by atoms with E-state index in [0.717, 1.165) is 18.2 Å². The number of phenolic OH excluding ortho intramolecular Hbond substituents is 5. The molecule has 8 N–H and O–H groups in total. The Morgan fingerprint density at radius 1 is 0.872 bits per heavy atom. The molecule has 13 heteroatoms. The molecule has 13 nitrogen and oxygen atoms in total. The molecule has 3 aromatic carbocycles. The zero-order chi connectivity index (χ0) is 28.2. The van der Waals surface area contributed by atoms with Gasteiger partial charge in [-0.15, -0.1) is 0 Å². The van der Waals surface area contributed by atoms with Gasteiger partial charge in [-0.3, -0.25) is 4.79 Å². The van der Waals surface area contributed by atoms with Gasteiger partial charge in [-0.1, -0.05) is 0 Å². The minimum absolute atomic E-state index is 0.0361. The Hall–Kier alpha value is -4.56. The summed E-state index contributed by atoms with van der Waals surface area (Å²) in [7, 11) is 0. The van der Waals surface area contributed by atoms with E-state index < -0.39 is 82.5 Å². The van der Waals surface area contributed by atoms with E-state index in [-0.39, 0.29) is 27.9 Å². The Labute approximate surface area is 217 Å². The van der Waals surface area contributed by atoms with Gasteiger partial charge in [0.1, 0.15) is 58.2 Å². The van der Waals surface area contributed by atoms with E-state index in [1.807, 2.05) is 0 Å². The van der Waals surface area contributed by atoms with Crippen LogP contribution in [0, 0.1) is 0 Å². The molecule has 39 heavy (non-hydrogen) atoms. The van der Waals surface area contributed by atoms with Crippen molar-refractivity contribution in [3.63, 3.8) is 0 Å². The van der Waals surface area contributed by atoms with E-state index in [1.165, 1.54) is 24.3 Å². The van der Waals surface area contributed by atoms with Gasteiger partial charge in [-0.05, 0) is 30.3 Å². The largest absolute Gasteiger partial charge is 0.508 e. The average molecular weight is 542 g/mol. The minimum atomic E-state index is -1.92. The van der Waals surface area contributed by atoms with Crippen LogP contribution < -0.4 is 5.43 Å². The van der Waals surface area contributed by atoms with Gasteiger partial charge < -0.3 is 54.7 Å². The first-order chi connectivity index (χ1) is 18.5. The molecule has 4 aromatic rings. The van der Waals surface area contributed by atoms with E-state index in [4.69, 9.17) is 13.9 Å². The lowest BCUT2D eigenvalue weighted by atomic mass is 9.89. The van der Waals surface area contributed by atoms with Crippen LogP contribution in [-0.4, -0.2) is 77.8 Å². The number of phenols is 5. The topological polar surface area (TPSA) is 228 Å². The smallest absolute Gasteiger partial charge is 0.338 e. The van der Waals surface area contributed by atoms with Crippen LogP contribution in [-0.2, 0) is 9.47 Å². The summed E-state index contributed by atoms with van der Waals surface area (Å²) in [5, 5.41) is 81.6. The monoisotopic (exact) mass is 542 g/mol. The minimum Gasteiger partial charge on any atom is -0.508 e. The normalized spacial score (nSPS) is 23.2. The van der Waals surface area contributed by atoms with E-state index in [9.17, 15) is 50.4 Å². The number of benzene rings is 3. The predicted molar refractivity (Wildman–Crippen MR) is 131 cm³/mol. The lowest BCUT2D eigenvalue weighted by Gasteiger charge is -2.42. The highest BCUT2D eigenvalue weighted by Gasteiger charge is 2.49. The van der Waals surface area contributed by atoms with E-state index in [0.29, 0.717) is 0 Å². The Morgan fingerprint density at radius 2 is 1.51 bits per heavy atom. The van der Waals surface area contributed by atoms with Crippen LogP contribution >= 0.6 is 0 Å². The van der Waals surface area contributed by atoms with Crippen molar-refractivity contribution in [2.24, 2.45) is 0 Å². The molecular weight excluding hydrogens is 520 g/mol. The second kappa shape index (κ2) is 9.63. The van der Waals surface area contributed by atoms with Crippen molar-refractivity contribution in [1.82, 2.24) is 0 Å². The average Bonchev–Trinajstić information content (AvgIpc) is 2.89. The first-order valence-electron chi connectivity index (χ1n) is 11.5. The number of rotatable bonds is 4. The zero-order valence-electron chi connectivity index (χ0n) is 19.8. The van der Waals surface area contributed by atoms with Crippen LogP contribution in [0.1, 0.15) is 22.0 Å². The van der Waals surface area contributed by atoms with Crippen LogP contribution in [0.5, 0.6) is 28.7 Å². The molecular formula is C26H22O13. The highest BCUT2D eigenvalue weighted by Crippen LogP contribution is 2.45. The third-order valence-corrected chi connectivity index (χ3v) is 6.55. The lowest BCUT2D eigenvalue weighted by Crippen LogP contribution is -2.56. The van der Waals surface area contributed by atoms with E-state index in [1.54, 1.807) is 0 Å². The maximum Gasteiger partial charge on any atom is 0.338 e. The summed E-state index contributed by atoms with van der Waals surface area (Å²) in [6.07, 6.45) is -8.58. The zero-order valence-corrected chi connectivity index (χ0v) is 19.8. The van der Waals surface area contributed by atoms with Gasteiger partial charge in [-0.25, -0.2) is 4.79 Å². The number of carbonyl (C=O) groups is 1. The predicted octanol–water partition coefficient (Wildman–Crippen LogP) is 0.854. The summed E-state index contributed by atoms with van der Waals surface area (Å²) in [4.78, 5) is 25.9. The molecule has 5 unspecified atom stereocenters. The molecule has 0 spiro atoms. The summed E-state index contributed by atoms with van der Waals surface area (Å²) < 4.78 is 16.4. The van der Waals surface area contributed by atoms with Crippen molar-refractivity contribution < 1.29 is 59.5 Å². The van der Waals surface area contributed by atoms with Crippen molar-refractivity contribution in [1.29, 1.82) is 0 Å². The molecule has 0 aliphatic carbocycles. The number of ether oxygens (including phenoxy) is 2. The molecule has 1 aliphatic heterocycles. The van der Waals surface area contributed by atoms with Crippen LogP contribution in [0.15, 0.2) is 51.7 Å². The summed E-state index contributed by atoms with van der Waals surface area (Å²) in [5.74, 6) is -3.92. The molecule has 1 fully saturated rings. The van der Waals surface area contributed by atoms with Gasteiger partial charge in [0.15, 0.2) is 17.6 Å². The Kier molecular flexibility index (Phi) is 6.44. The number of esters is 1. The number of aromatic hydroxyl groups is 5. The summed E-state index contributed by atoms with van der Waals surface area (Å²) in [6.45, 7) is -0.817. The van der Waals surface area contributed by atoms with E-state index in [2.05, 4.69) is 0 Å². The number of aliphatic hydroxyl groups is 3. The third kappa shape index (κ3) is 4.32. The SMILES string of the molecule is O=C(OC1C(O)C(CO)OC(c2c(O)cc3oc4cc(O)c(O)cc4c(=O)c3c2O)C1O)c1ccc(O)cc1. The Balaban J connectivity index is 1.60. The Morgan fingerprint density at radius 3 is 2.18 bits per heavy atom. The van der Waals surface area contributed by atoms with Gasteiger partial charge in [0, 0.05) is 12.1 Å². The molecule has 204 valence electrons. The van der Waals surface area contributed by atoms with Crippen LogP contribution in [0.2, 0.25) is 0 Å². The van der Waals surface area contributed by atoms with Crippen molar-refractivity contribution in [3.05, 3.63) is 63.8 Å². The van der Waals surface area contributed by atoms with Gasteiger partial charge in [0.25, 0.3) is 0 Å². The van der Waals surface area contributed by atoms with Crippen molar-refractivity contribution in [2.45, 2.75) is 30.5 Å². The summed E-state index contributed by atoms with van der Waals surface area (Å²) >= 11 is 0. The fraction of sp³-hybridized carbons (Fsp3) is 0.231. The molecule has 0 radical (unpaired) electrons. The fourth-order valence-corrected chi connectivity index (χ4v) is 4.55. The lowest BCUT2D eigenvalue weighted by molar-refractivity contribution is -0.232. The fourth-order valence-electron chi connectivity index (χ4n) is 4.55. The van der Waals surface area contributed by atoms with Crippen molar-refractivity contribution in [3.8, 4) is 28.7 Å². The maximum absolute atomic E-state index is 13.2. The first-order valence-corrected chi connectivity index (χ1v) is 11.5. The quantitative estimate of drug-likeness (QED) is 0.102. The third-order valence-electron chi connectivity index (χ3n) is 6.55. The second-order valence-corrected chi connectivity index (χ2v) is 8.98. The molecule has 1 aromatic heterocycles. The molecule has 2 heterocycles. The molecule has 0 amide bonds. The van der Waals surface area contributed by atoms with E-state index >= 15 is 0 Å². The van der Waals surface area contributed by atoms with Gasteiger partial charge in [-0.2, -0.15) is 0 Å². The van der Waals surface area contributed by atoms with Gasteiger partial charge >= 0.3 is 5.97 Å². The molecule has 0 bridgehead atoms. The number of aliphatic hydroxyl groups excluding tert-OH is 3. The van der Waals surface area contributed by atoms with Crippen LogP contribution in [0.3, 0.4) is 0 Å². The number of hydrogen-bond acceptors (Lipinski definition) is 13. The van der Waals surface area contributed by atoms with Crippen molar-refractivity contribution >= 4 is 27.9 Å². The van der Waals surface area contributed by atoms with Gasteiger partial charge in [0.2, 0.25) is 5.43 Å². The standard InChI is InChI=1S/C26H22O13/c27-8-17-21(33)25(39-26(36)9-1-3-10(28)4-2-9)23(35)24(38-17)18-14(31)7-16-19(22(18)34)20(32)11-5-12(29)13(30)6-15(11)37-16/h1-7,17,21,23-25,27-31,33-35H,8H2.